The topological polar surface area (TPSA) is 63.7 Å². The van der Waals surface area contributed by atoms with Crippen LogP contribution in [0.1, 0.15) is 32.5 Å². The van der Waals surface area contributed by atoms with Crippen LogP contribution in [0, 0.1) is 0 Å². The fraction of sp³-hybridized carbons (Fsp3) is 0.235. The van der Waals surface area contributed by atoms with Gasteiger partial charge in [0.15, 0.2) is 5.78 Å². The summed E-state index contributed by atoms with van der Waals surface area (Å²) in [6.07, 6.45) is 0. The lowest BCUT2D eigenvalue weighted by Crippen LogP contribution is -2.33. The highest BCUT2D eigenvalue weighted by atomic mass is 32.1. The molecule has 0 aliphatic heterocycles. The zero-order valence-electron chi connectivity index (χ0n) is 12.9. The van der Waals surface area contributed by atoms with Crippen molar-refractivity contribution >= 4 is 29.0 Å². The van der Waals surface area contributed by atoms with Crippen LogP contribution in [0.2, 0.25) is 0 Å². The normalized spacial score (nSPS) is 10.2. The maximum Gasteiger partial charge on any atom is 0.325 e. The molecule has 1 heterocycles. The first kappa shape index (κ1) is 16.9. The van der Waals surface area contributed by atoms with Gasteiger partial charge >= 0.3 is 5.97 Å². The predicted octanol–water partition coefficient (Wildman–Crippen LogP) is 2.61. The number of carbonyl (C=O) groups excluding carboxylic acids is 3. The summed E-state index contributed by atoms with van der Waals surface area (Å²) in [5, 5.41) is 1.70. The fourth-order valence-corrected chi connectivity index (χ4v) is 2.93. The van der Waals surface area contributed by atoms with E-state index in [9.17, 15) is 14.4 Å². The minimum absolute atomic E-state index is 0.149. The quantitative estimate of drug-likeness (QED) is 0.603. The summed E-state index contributed by atoms with van der Waals surface area (Å²) < 4.78 is 4.83. The Morgan fingerprint density at radius 1 is 1.13 bits per heavy atom. The Labute approximate surface area is 138 Å². The molecule has 0 fully saturated rings. The Balaban J connectivity index is 2.19. The summed E-state index contributed by atoms with van der Waals surface area (Å²) >= 11 is 1.19. The number of amides is 1. The van der Waals surface area contributed by atoms with Gasteiger partial charge in [0.1, 0.15) is 11.4 Å². The van der Waals surface area contributed by atoms with Crippen LogP contribution in [0.25, 0.3) is 0 Å². The van der Waals surface area contributed by atoms with E-state index in [4.69, 9.17) is 4.74 Å². The molecule has 0 atom stereocenters. The number of likely N-dealkylation sites (N-methyl/N-ethyl adjacent to an activating group) is 1. The molecule has 0 spiro atoms. The second-order valence-corrected chi connectivity index (χ2v) is 5.74. The molecule has 1 amide bonds. The van der Waals surface area contributed by atoms with Crippen LogP contribution < -0.4 is 0 Å². The lowest BCUT2D eigenvalue weighted by molar-refractivity contribution is -0.143. The smallest absolute Gasteiger partial charge is 0.325 e. The molecule has 0 aliphatic rings. The number of nitrogens with zero attached hydrogens (tertiary/aromatic N) is 1. The van der Waals surface area contributed by atoms with E-state index in [1.165, 1.54) is 23.3 Å². The number of hydrogen-bond donors (Lipinski definition) is 0. The lowest BCUT2D eigenvalue weighted by Gasteiger charge is -2.16. The van der Waals surface area contributed by atoms with Gasteiger partial charge in [-0.25, -0.2) is 0 Å². The van der Waals surface area contributed by atoms with E-state index in [1.54, 1.807) is 42.6 Å². The number of ketones is 1. The average Bonchev–Trinajstić information content (AvgIpc) is 3.03. The molecule has 2 rings (SSSR count). The van der Waals surface area contributed by atoms with Crippen LogP contribution in [-0.2, 0) is 9.53 Å². The zero-order chi connectivity index (χ0) is 16.8. The Bertz CT molecular complexity index is 708. The molecular weight excluding hydrogens is 314 g/mol. The van der Waals surface area contributed by atoms with Gasteiger partial charge in [-0.2, -0.15) is 0 Å². The van der Waals surface area contributed by atoms with Crippen molar-refractivity contribution in [3.63, 3.8) is 0 Å². The first-order chi connectivity index (χ1) is 11.0. The van der Waals surface area contributed by atoms with Crippen molar-refractivity contribution in [2.75, 3.05) is 20.2 Å². The molecule has 0 unspecified atom stereocenters. The Morgan fingerprint density at radius 3 is 2.48 bits per heavy atom. The number of thiophene rings is 1. The molecular formula is C17H17NO4S. The highest BCUT2D eigenvalue weighted by Crippen LogP contribution is 2.22. The lowest BCUT2D eigenvalue weighted by atomic mass is 10.0. The number of carbonyl (C=O) groups is 3. The number of hydrogen-bond acceptors (Lipinski definition) is 5. The van der Waals surface area contributed by atoms with Crippen LogP contribution in [0.3, 0.4) is 0 Å². The summed E-state index contributed by atoms with van der Waals surface area (Å²) in [4.78, 5) is 38.1. The van der Waals surface area contributed by atoms with Crippen molar-refractivity contribution in [2.24, 2.45) is 0 Å². The van der Waals surface area contributed by atoms with Gasteiger partial charge in [0.05, 0.1) is 6.61 Å². The van der Waals surface area contributed by atoms with Gasteiger partial charge in [-0.3, -0.25) is 14.4 Å². The summed E-state index contributed by atoms with van der Waals surface area (Å²) in [6.45, 7) is 1.82. The maximum atomic E-state index is 12.5. The van der Waals surface area contributed by atoms with E-state index in [0.29, 0.717) is 16.0 Å². The minimum atomic E-state index is -0.476. The van der Waals surface area contributed by atoms with E-state index in [1.807, 2.05) is 6.07 Å². The van der Waals surface area contributed by atoms with Crippen LogP contribution in [0.4, 0.5) is 0 Å². The molecule has 0 bridgehead atoms. The fourth-order valence-electron chi connectivity index (χ4n) is 2.04. The van der Waals surface area contributed by atoms with Crippen LogP contribution >= 0.6 is 11.3 Å². The summed E-state index contributed by atoms with van der Waals surface area (Å²) in [5.41, 5.74) is 0.870. The standard InChI is InChI=1S/C17H17NO4S/c1-3-22-14(19)11-18(2)17(21)16-13(9-10-23-16)15(20)12-7-5-4-6-8-12/h4-10H,3,11H2,1-2H3. The Hall–Kier alpha value is -2.47. The van der Waals surface area contributed by atoms with Gasteiger partial charge in [-0.1, -0.05) is 30.3 Å². The van der Waals surface area contributed by atoms with E-state index in [0.717, 1.165) is 0 Å². The molecule has 23 heavy (non-hydrogen) atoms. The Morgan fingerprint density at radius 2 is 1.83 bits per heavy atom. The monoisotopic (exact) mass is 331 g/mol. The first-order valence-electron chi connectivity index (χ1n) is 7.13. The first-order valence-corrected chi connectivity index (χ1v) is 8.01. The van der Waals surface area contributed by atoms with Crippen LogP contribution in [0.15, 0.2) is 41.8 Å². The van der Waals surface area contributed by atoms with Gasteiger partial charge in [0.25, 0.3) is 5.91 Å². The molecule has 1 aromatic carbocycles. The molecule has 5 nitrogen and oxygen atoms in total. The van der Waals surface area contributed by atoms with E-state index in [2.05, 4.69) is 0 Å². The Kier molecular flexibility index (Phi) is 5.65. The second-order valence-electron chi connectivity index (χ2n) is 4.82. The van der Waals surface area contributed by atoms with Gasteiger partial charge in [0, 0.05) is 18.2 Å². The maximum absolute atomic E-state index is 12.5. The zero-order valence-corrected chi connectivity index (χ0v) is 13.8. The van der Waals surface area contributed by atoms with E-state index >= 15 is 0 Å². The van der Waals surface area contributed by atoms with Crippen molar-refractivity contribution in [2.45, 2.75) is 6.92 Å². The van der Waals surface area contributed by atoms with E-state index < -0.39 is 5.97 Å². The number of benzene rings is 1. The van der Waals surface area contributed by atoms with Crippen molar-refractivity contribution in [3.8, 4) is 0 Å². The molecule has 0 N–H and O–H groups in total. The molecule has 0 saturated carbocycles. The summed E-state index contributed by atoms with van der Waals surface area (Å²) in [5.74, 6) is -1.05. The largest absolute Gasteiger partial charge is 0.465 e. The molecule has 6 heteroatoms. The average molecular weight is 331 g/mol. The van der Waals surface area contributed by atoms with Gasteiger partial charge in [-0.15, -0.1) is 11.3 Å². The summed E-state index contributed by atoms with van der Waals surface area (Å²) in [7, 11) is 1.51. The third-order valence-electron chi connectivity index (χ3n) is 3.16. The number of rotatable bonds is 6. The number of ether oxygens (including phenoxy) is 1. The van der Waals surface area contributed by atoms with Gasteiger partial charge in [-0.05, 0) is 18.4 Å². The SMILES string of the molecule is CCOC(=O)CN(C)C(=O)c1sccc1C(=O)c1ccccc1. The predicted molar refractivity (Wildman–Crippen MR) is 87.8 cm³/mol. The van der Waals surface area contributed by atoms with Crippen molar-refractivity contribution < 1.29 is 19.1 Å². The highest BCUT2D eigenvalue weighted by Gasteiger charge is 2.23. The molecule has 120 valence electrons. The van der Waals surface area contributed by atoms with Crippen LogP contribution in [0.5, 0.6) is 0 Å². The highest BCUT2D eigenvalue weighted by molar-refractivity contribution is 7.12. The number of esters is 1. The third-order valence-corrected chi connectivity index (χ3v) is 4.06. The van der Waals surface area contributed by atoms with Gasteiger partial charge in [0.2, 0.25) is 0 Å². The minimum Gasteiger partial charge on any atom is -0.465 e. The van der Waals surface area contributed by atoms with Crippen molar-refractivity contribution in [3.05, 3.63) is 57.8 Å². The summed E-state index contributed by atoms with van der Waals surface area (Å²) in [6, 6.07) is 10.4. The van der Waals surface area contributed by atoms with Crippen molar-refractivity contribution in [1.29, 1.82) is 0 Å². The van der Waals surface area contributed by atoms with Crippen molar-refractivity contribution in [1.82, 2.24) is 4.90 Å². The molecule has 0 radical (unpaired) electrons. The second kappa shape index (κ2) is 7.69. The third kappa shape index (κ3) is 4.04. The van der Waals surface area contributed by atoms with Crippen LogP contribution in [-0.4, -0.2) is 42.8 Å². The van der Waals surface area contributed by atoms with E-state index in [-0.39, 0.29) is 24.8 Å². The molecule has 1 aromatic heterocycles. The molecule has 2 aromatic rings. The molecule has 0 saturated heterocycles. The molecule has 0 aliphatic carbocycles. The van der Waals surface area contributed by atoms with Gasteiger partial charge < -0.3 is 9.64 Å².